The number of carbonyl (C=O) groups excluding carboxylic acids is 3. The summed E-state index contributed by atoms with van der Waals surface area (Å²) in [5, 5.41) is 9.38. The van der Waals surface area contributed by atoms with Crippen LogP contribution in [0.5, 0.6) is 5.75 Å². The first-order chi connectivity index (χ1) is 21.4. The molecule has 0 spiro atoms. The zero-order valence-electron chi connectivity index (χ0n) is 24.3. The van der Waals surface area contributed by atoms with Gasteiger partial charge in [-0.25, -0.2) is 0 Å². The van der Waals surface area contributed by atoms with Crippen molar-refractivity contribution in [2.75, 3.05) is 17.7 Å². The number of anilines is 2. The molecular weight excluding hydrogens is 572 g/mol. The molecule has 3 amide bonds. The van der Waals surface area contributed by atoms with Gasteiger partial charge in [0.1, 0.15) is 11.4 Å². The minimum Gasteiger partial charge on any atom is -0.497 e. The Hall–Kier alpha value is -5.28. The predicted octanol–water partition coefficient (Wildman–Crippen LogP) is 7.10. The van der Waals surface area contributed by atoms with Crippen molar-refractivity contribution in [3.63, 3.8) is 0 Å². The number of methoxy groups -OCH3 is 1. The van der Waals surface area contributed by atoms with Crippen LogP contribution in [0.25, 0.3) is 17.0 Å². The highest BCUT2D eigenvalue weighted by Crippen LogP contribution is 2.29. The fourth-order valence-corrected chi connectivity index (χ4v) is 5.50. The summed E-state index contributed by atoms with van der Waals surface area (Å²) in [4.78, 5) is 43.6. The van der Waals surface area contributed by atoms with Crippen LogP contribution >= 0.6 is 11.8 Å². The van der Waals surface area contributed by atoms with Crippen molar-refractivity contribution in [3.8, 4) is 5.75 Å². The van der Waals surface area contributed by atoms with Crippen LogP contribution in [0.2, 0.25) is 0 Å². The molecule has 8 nitrogen and oxygen atoms in total. The van der Waals surface area contributed by atoms with E-state index in [1.165, 1.54) is 11.8 Å². The maximum Gasteiger partial charge on any atom is 0.272 e. The summed E-state index contributed by atoms with van der Waals surface area (Å²) in [5.41, 5.74) is 3.41. The van der Waals surface area contributed by atoms with Crippen LogP contribution in [-0.4, -0.2) is 35.1 Å². The van der Waals surface area contributed by atoms with Gasteiger partial charge in [0, 0.05) is 33.5 Å². The highest BCUT2D eigenvalue weighted by molar-refractivity contribution is 8.00. The molecule has 1 atom stereocenters. The van der Waals surface area contributed by atoms with Crippen molar-refractivity contribution in [1.82, 2.24) is 10.3 Å². The number of rotatable bonds is 11. The number of thioether (sulfide) groups is 1. The Morgan fingerprint density at radius 3 is 2.39 bits per heavy atom. The minimum atomic E-state index is -0.489. The number of benzene rings is 4. The van der Waals surface area contributed by atoms with Gasteiger partial charge >= 0.3 is 0 Å². The summed E-state index contributed by atoms with van der Waals surface area (Å²) in [5.74, 6) is -0.323. The molecule has 0 aliphatic carbocycles. The van der Waals surface area contributed by atoms with Crippen LogP contribution in [0, 0.1) is 0 Å². The number of aromatic amines is 1. The number of aromatic nitrogens is 1. The lowest BCUT2D eigenvalue weighted by Crippen LogP contribution is -2.30. The van der Waals surface area contributed by atoms with Gasteiger partial charge in [-0.15, -0.1) is 11.8 Å². The molecule has 0 radical (unpaired) electrons. The summed E-state index contributed by atoms with van der Waals surface area (Å²) in [6, 6.07) is 30.9. The van der Waals surface area contributed by atoms with Crippen molar-refractivity contribution in [3.05, 3.63) is 126 Å². The molecule has 0 fully saturated rings. The van der Waals surface area contributed by atoms with E-state index in [0.29, 0.717) is 29.0 Å². The fourth-order valence-electron chi connectivity index (χ4n) is 4.49. The molecule has 9 heteroatoms. The van der Waals surface area contributed by atoms with Gasteiger partial charge in [0.2, 0.25) is 5.91 Å². The number of nitrogens with one attached hydrogen (secondary N) is 4. The molecule has 1 unspecified atom stereocenters. The first-order valence-electron chi connectivity index (χ1n) is 14.1. The molecular formula is C35H32N4O4S. The van der Waals surface area contributed by atoms with Gasteiger partial charge in [0.25, 0.3) is 11.8 Å². The highest BCUT2D eigenvalue weighted by Gasteiger charge is 2.20. The molecule has 0 saturated heterocycles. The van der Waals surface area contributed by atoms with E-state index in [1.54, 1.807) is 67.8 Å². The third-order valence-electron chi connectivity index (χ3n) is 6.81. The predicted molar refractivity (Wildman–Crippen MR) is 177 cm³/mol. The van der Waals surface area contributed by atoms with Crippen LogP contribution in [0.15, 0.2) is 120 Å². The minimum absolute atomic E-state index is 0.0759. The van der Waals surface area contributed by atoms with Crippen LogP contribution in [-0.2, 0) is 9.59 Å². The number of ether oxygens (including phenoxy) is 1. The third kappa shape index (κ3) is 7.76. The molecule has 0 aliphatic rings. The van der Waals surface area contributed by atoms with E-state index in [1.807, 2.05) is 61.7 Å². The van der Waals surface area contributed by atoms with Crippen molar-refractivity contribution < 1.29 is 19.1 Å². The SMILES string of the molecule is CCC(Sc1cccc(NC(=O)/C(=C\c2ccc(OC)cc2)NC(=O)c2ccccc2)c1)C(=O)Nc1ccc2cc[nH]c2c1. The quantitative estimate of drug-likeness (QED) is 0.0950. The molecule has 222 valence electrons. The molecule has 4 N–H and O–H groups in total. The van der Waals surface area contributed by atoms with Gasteiger partial charge in [0.05, 0.1) is 12.4 Å². The molecule has 4 aromatic carbocycles. The van der Waals surface area contributed by atoms with Crippen LogP contribution in [0.4, 0.5) is 11.4 Å². The Balaban J connectivity index is 1.30. The van der Waals surface area contributed by atoms with E-state index >= 15 is 0 Å². The van der Waals surface area contributed by atoms with E-state index < -0.39 is 11.8 Å². The zero-order valence-corrected chi connectivity index (χ0v) is 25.1. The maximum atomic E-state index is 13.5. The van der Waals surface area contributed by atoms with Gasteiger partial charge in [-0.3, -0.25) is 14.4 Å². The van der Waals surface area contributed by atoms with Crippen molar-refractivity contribution in [2.45, 2.75) is 23.5 Å². The summed E-state index contributed by atoms with van der Waals surface area (Å²) in [6.07, 6.45) is 4.08. The number of fused-ring (bicyclic) bond motifs is 1. The monoisotopic (exact) mass is 604 g/mol. The summed E-state index contributed by atoms with van der Waals surface area (Å²) in [6.45, 7) is 1.96. The molecule has 0 saturated carbocycles. The second-order valence-electron chi connectivity index (χ2n) is 9.92. The smallest absolute Gasteiger partial charge is 0.272 e. The largest absolute Gasteiger partial charge is 0.497 e. The van der Waals surface area contributed by atoms with Gasteiger partial charge in [-0.1, -0.05) is 49.4 Å². The van der Waals surface area contributed by atoms with E-state index in [-0.39, 0.29) is 16.9 Å². The van der Waals surface area contributed by atoms with Crippen LogP contribution in [0.1, 0.15) is 29.3 Å². The molecule has 1 heterocycles. The zero-order chi connectivity index (χ0) is 30.9. The van der Waals surface area contributed by atoms with Crippen molar-refractivity contribution in [2.24, 2.45) is 0 Å². The molecule has 1 aromatic heterocycles. The van der Waals surface area contributed by atoms with Gasteiger partial charge < -0.3 is 25.7 Å². The molecule has 44 heavy (non-hydrogen) atoms. The first-order valence-corrected chi connectivity index (χ1v) is 15.0. The average molecular weight is 605 g/mol. The van der Waals surface area contributed by atoms with E-state index in [2.05, 4.69) is 20.9 Å². The summed E-state index contributed by atoms with van der Waals surface area (Å²) < 4.78 is 5.23. The summed E-state index contributed by atoms with van der Waals surface area (Å²) in [7, 11) is 1.58. The number of H-pyrrole nitrogens is 1. The normalized spacial score (nSPS) is 11.9. The third-order valence-corrected chi connectivity index (χ3v) is 8.17. The second-order valence-corrected chi connectivity index (χ2v) is 11.2. The van der Waals surface area contributed by atoms with Gasteiger partial charge in [-0.2, -0.15) is 0 Å². The van der Waals surface area contributed by atoms with Gasteiger partial charge in [0.15, 0.2) is 0 Å². The average Bonchev–Trinajstić information content (AvgIpc) is 3.52. The number of amides is 3. The van der Waals surface area contributed by atoms with Crippen LogP contribution < -0.4 is 20.7 Å². The Bertz CT molecular complexity index is 1800. The topological polar surface area (TPSA) is 112 Å². The summed E-state index contributed by atoms with van der Waals surface area (Å²) >= 11 is 1.42. The highest BCUT2D eigenvalue weighted by atomic mass is 32.2. The number of hydrogen-bond donors (Lipinski definition) is 4. The lowest BCUT2D eigenvalue weighted by atomic mass is 10.1. The van der Waals surface area contributed by atoms with E-state index in [9.17, 15) is 14.4 Å². The first kappa shape index (κ1) is 30.2. The number of carbonyl (C=O) groups is 3. The van der Waals surface area contributed by atoms with Crippen molar-refractivity contribution >= 4 is 57.8 Å². The molecule has 0 bridgehead atoms. The number of hydrogen-bond acceptors (Lipinski definition) is 5. The fraction of sp³-hybridized carbons (Fsp3) is 0.114. The van der Waals surface area contributed by atoms with Crippen molar-refractivity contribution in [1.29, 1.82) is 0 Å². The Morgan fingerprint density at radius 2 is 1.64 bits per heavy atom. The Morgan fingerprint density at radius 1 is 0.864 bits per heavy atom. The maximum absolute atomic E-state index is 13.5. The standard InChI is InChI=1S/C35H32N4O4S/c1-3-32(35(42)38-27-15-14-24-18-19-36-30(24)22-27)44-29-11-7-10-26(21-29)37-34(41)31(20-23-12-16-28(43-2)17-13-23)39-33(40)25-8-5-4-6-9-25/h4-22,32,36H,3H2,1-2H3,(H,37,41)(H,38,42)(H,39,40)/b31-20+. The van der Waals surface area contributed by atoms with E-state index in [0.717, 1.165) is 21.5 Å². The lowest BCUT2D eigenvalue weighted by molar-refractivity contribution is -0.116. The molecule has 5 rings (SSSR count). The Labute approximate surface area is 259 Å². The lowest BCUT2D eigenvalue weighted by Gasteiger charge is -2.16. The molecule has 0 aliphatic heterocycles. The van der Waals surface area contributed by atoms with E-state index in [4.69, 9.17) is 4.74 Å². The van der Waals surface area contributed by atoms with Crippen LogP contribution in [0.3, 0.4) is 0 Å². The van der Waals surface area contributed by atoms with Gasteiger partial charge in [-0.05, 0) is 84.1 Å². The Kier molecular flexibility index (Phi) is 9.78. The second kappa shape index (κ2) is 14.3. The molecule has 5 aromatic rings.